The Morgan fingerprint density at radius 1 is 1.13 bits per heavy atom. The standard InChI is InChI=1S/C25H30F3N5O5/c1-14(2)10-18(33-24(37)21-30-12-19(31-21)15-6-4-3-5-7-15)23(36)32-17(11-16-8-9-29-22(16)35)20(34)13-38-25(26,27)28/h3-7,12,14,16-18H,8-11,13H2,1-2H3,(H,29,35)(H,30,31)(H,32,36)(H,33,37)/t16-,17-,18-/m0/s1. The van der Waals surface area contributed by atoms with Gasteiger partial charge in [-0.25, -0.2) is 4.98 Å². The van der Waals surface area contributed by atoms with Crippen LogP contribution < -0.4 is 16.0 Å². The lowest BCUT2D eigenvalue weighted by Crippen LogP contribution is -2.53. The Morgan fingerprint density at radius 2 is 1.84 bits per heavy atom. The lowest BCUT2D eigenvalue weighted by atomic mass is 9.95. The molecule has 0 spiro atoms. The van der Waals surface area contributed by atoms with Gasteiger partial charge in [-0.3, -0.25) is 23.9 Å². The number of hydrogen-bond acceptors (Lipinski definition) is 6. The second kappa shape index (κ2) is 12.7. The molecule has 0 aliphatic carbocycles. The molecule has 0 saturated carbocycles. The minimum absolute atomic E-state index is 0.0424. The summed E-state index contributed by atoms with van der Waals surface area (Å²) < 4.78 is 41.2. The fraction of sp³-hybridized carbons (Fsp3) is 0.480. The summed E-state index contributed by atoms with van der Waals surface area (Å²) in [4.78, 5) is 57.6. The zero-order valence-corrected chi connectivity index (χ0v) is 20.9. The number of hydrogen-bond donors (Lipinski definition) is 4. The number of carbonyl (C=O) groups is 4. The Morgan fingerprint density at radius 3 is 2.45 bits per heavy atom. The smallest absolute Gasteiger partial charge is 0.356 e. The molecule has 1 saturated heterocycles. The number of Topliss-reactive ketones (excluding diaryl/α,β-unsaturated/α-hetero) is 1. The van der Waals surface area contributed by atoms with E-state index in [9.17, 15) is 32.3 Å². The number of alkyl halides is 3. The van der Waals surface area contributed by atoms with Gasteiger partial charge in [-0.15, -0.1) is 13.2 Å². The third-order valence-corrected chi connectivity index (χ3v) is 5.97. The minimum Gasteiger partial charge on any atom is -0.356 e. The van der Waals surface area contributed by atoms with Crippen LogP contribution in [0.15, 0.2) is 36.5 Å². The highest BCUT2D eigenvalue weighted by Gasteiger charge is 2.36. The van der Waals surface area contributed by atoms with Gasteiger partial charge in [0.05, 0.1) is 17.9 Å². The number of nitrogens with zero attached hydrogens (tertiary/aromatic N) is 1. The molecule has 3 amide bonds. The van der Waals surface area contributed by atoms with Crippen molar-refractivity contribution in [3.63, 3.8) is 0 Å². The Hall–Kier alpha value is -3.74. The van der Waals surface area contributed by atoms with Crippen molar-refractivity contribution in [2.24, 2.45) is 11.8 Å². The van der Waals surface area contributed by atoms with Crippen LogP contribution in [0.25, 0.3) is 11.3 Å². The molecule has 1 aliphatic heterocycles. The number of ether oxygens (including phenoxy) is 1. The van der Waals surface area contributed by atoms with Crippen molar-refractivity contribution in [1.29, 1.82) is 0 Å². The maximum atomic E-state index is 13.2. The van der Waals surface area contributed by atoms with Crippen LogP contribution in [0.4, 0.5) is 13.2 Å². The zero-order valence-electron chi connectivity index (χ0n) is 20.9. The first-order chi connectivity index (χ1) is 17.9. The summed E-state index contributed by atoms with van der Waals surface area (Å²) in [5, 5.41) is 7.61. The zero-order chi connectivity index (χ0) is 27.9. The average molecular weight is 538 g/mol. The van der Waals surface area contributed by atoms with E-state index in [1.807, 2.05) is 44.2 Å². The maximum Gasteiger partial charge on any atom is 0.522 e. The van der Waals surface area contributed by atoms with E-state index < -0.39 is 48.6 Å². The lowest BCUT2D eigenvalue weighted by molar-refractivity contribution is -0.321. The second-order valence-corrected chi connectivity index (χ2v) is 9.44. The van der Waals surface area contributed by atoms with Gasteiger partial charge in [0.2, 0.25) is 11.8 Å². The third-order valence-electron chi connectivity index (χ3n) is 5.97. The molecule has 0 bridgehead atoms. The normalized spacial score (nSPS) is 17.1. The van der Waals surface area contributed by atoms with E-state index in [0.29, 0.717) is 18.7 Å². The Balaban J connectivity index is 1.73. The molecule has 3 rings (SSSR count). The highest BCUT2D eigenvalue weighted by Crippen LogP contribution is 2.20. The number of halogens is 3. The summed E-state index contributed by atoms with van der Waals surface area (Å²) in [5.41, 5.74) is 1.39. The summed E-state index contributed by atoms with van der Waals surface area (Å²) in [6.45, 7) is 2.67. The summed E-state index contributed by atoms with van der Waals surface area (Å²) in [7, 11) is 0. The van der Waals surface area contributed by atoms with Gasteiger partial charge in [0.1, 0.15) is 12.6 Å². The minimum atomic E-state index is -5.04. The van der Waals surface area contributed by atoms with E-state index >= 15 is 0 Å². The Labute approximate surface area is 217 Å². The fourth-order valence-corrected chi connectivity index (χ4v) is 4.08. The van der Waals surface area contributed by atoms with Crippen LogP contribution in [0.2, 0.25) is 0 Å². The summed E-state index contributed by atoms with van der Waals surface area (Å²) in [6.07, 6.45) is -3.21. The molecule has 13 heteroatoms. The van der Waals surface area contributed by atoms with Crippen molar-refractivity contribution in [3.05, 3.63) is 42.4 Å². The topological polar surface area (TPSA) is 142 Å². The number of benzene rings is 1. The van der Waals surface area contributed by atoms with Gasteiger partial charge in [-0.1, -0.05) is 44.2 Å². The fourth-order valence-electron chi connectivity index (χ4n) is 4.08. The van der Waals surface area contributed by atoms with Crippen molar-refractivity contribution < 1.29 is 37.1 Å². The predicted octanol–water partition coefficient (Wildman–Crippen LogP) is 2.34. The molecule has 2 heterocycles. The molecule has 10 nitrogen and oxygen atoms in total. The number of aromatic amines is 1. The van der Waals surface area contributed by atoms with Crippen LogP contribution in [-0.2, 0) is 19.1 Å². The number of H-pyrrole nitrogens is 1. The summed E-state index contributed by atoms with van der Waals surface area (Å²) in [5.74, 6) is -3.61. The van der Waals surface area contributed by atoms with Gasteiger partial charge in [-0.2, -0.15) is 0 Å². The van der Waals surface area contributed by atoms with E-state index in [0.717, 1.165) is 5.56 Å². The molecule has 3 atom stereocenters. The number of ketones is 1. The Bertz CT molecular complexity index is 1140. The highest BCUT2D eigenvalue weighted by atomic mass is 19.4. The molecule has 1 aliphatic rings. The van der Waals surface area contributed by atoms with Gasteiger partial charge >= 0.3 is 6.36 Å². The molecule has 38 heavy (non-hydrogen) atoms. The number of nitrogens with one attached hydrogen (secondary N) is 4. The molecule has 206 valence electrons. The number of aromatic nitrogens is 2. The highest BCUT2D eigenvalue weighted by molar-refractivity contribution is 5.97. The first-order valence-electron chi connectivity index (χ1n) is 12.2. The molecule has 4 N–H and O–H groups in total. The molecular weight excluding hydrogens is 507 g/mol. The molecular formula is C25H30F3N5O5. The first kappa shape index (κ1) is 28.8. The van der Waals surface area contributed by atoms with E-state index in [1.54, 1.807) is 0 Å². The summed E-state index contributed by atoms with van der Waals surface area (Å²) >= 11 is 0. The van der Waals surface area contributed by atoms with Gasteiger partial charge in [0, 0.05) is 12.5 Å². The Kier molecular flexibility index (Phi) is 9.61. The predicted molar refractivity (Wildman–Crippen MR) is 129 cm³/mol. The van der Waals surface area contributed by atoms with Crippen LogP contribution in [0.5, 0.6) is 0 Å². The third kappa shape index (κ3) is 8.40. The van der Waals surface area contributed by atoms with E-state index in [4.69, 9.17) is 0 Å². The maximum absolute atomic E-state index is 13.2. The van der Waals surface area contributed by atoms with Gasteiger partial charge in [0.15, 0.2) is 11.6 Å². The number of carbonyl (C=O) groups excluding carboxylic acids is 4. The molecule has 1 aromatic heterocycles. The van der Waals surface area contributed by atoms with Crippen LogP contribution in [-0.4, -0.2) is 65.1 Å². The number of rotatable bonds is 12. The first-order valence-corrected chi connectivity index (χ1v) is 12.2. The molecule has 1 aromatic carbocycles. The van der Waals surface area contributed by atoms with Crippen molar-refractivity contribution in [2.45, 2.75) is 51.6 Å². The van der Waals surface area contributed by atoms with Gasteiger partial charge in [-0.05, 0) is 30.7 Å². The van der Waals surface area contributed by atoms with Crippen molar-refractivity contribution in [3.8, 4) is 11.3 Å². The SMILES string of the molecule is CC(C)C[C@H](NC(=O)c1ncc(-c2ccccc2)[nH]1)C(=O)N[C@@H](C[C@@H]1CCNC1=O)C(=O)COC(F)(F)F. The van der Waals surface area contributed by atoms with Crippen molar-refractivity contribution >= 4 is 23.5 Å². The van der Waals surface area contributed by atoms with E-state index in [2.05, 4.69) is 30.7 Å². The lowest BCUT2D eigenvalue weighted by Gasteiger charge is -2.25. The van der Waals surface area contributed by atoms with Crippen LogP contribution in [0.3, 0.4) is 0 Å². The van der Waals surface area contributed by atoms with Crippen LogP contribution >= 0.6 is 0 Å². The molecule has 2 aromatic rings. The molecule has 1 fully saturated rings. The molecule has 0 radical (unpaired) electrons. The monoisotopic (exact) mass is 537 g/mol. The van der Waals surface area contributed by atoms with Crippen molar-refractivity contribution in [2.75, 3.05) is 13.2 Å². The van der Waals surface area contributed by atoms with Gasteiger partial charge < -0.3 is 20.9 Å². The quantitative estimate of drug-likeness (QED) is 0.327. The van der Waals surface area contributed by atoms with Crippen LogP contribution in [0, 0.1) is 11.8 Å². The van der Waals surface area contributed by atoms with Crippen LogP contribution in [0.1, 0.15) is 43.7 Å². The average Bonchev–Trinajstić information content (AvgIpc) is 3.51. The summed E-state index contributed by atoms with van der Waals surface area (Å²) in [6, 6.07) is 6.61. The van der Waals surface area contributed by atoms with Gasteiger partial charge in [0.25, 0.3) is 5.91 Å². The number of amides is 3. The van der Waals surface area contributed by atoms with E-state index in [1.165, 1.54) is 6.20 Å². The van der Waals surface area contributed by atoms with Crippen molar-refractivity contribution in [1.82, 2.24) is 25.9 Å². The molecule has 0 unspecified atom stereocenters. The van der Waals surface area contributed by atoms with E-state index in [-0.39, 0.29) is 30.5 Å². The largest absolute Gasteiger partial charge is 0.522 e. The number of imidazole rings is 1. The second-order valence-electron chi connectivity index (χ2n) is 9.44.